The van der Waals surface area contributed by atoms with E-state index in [0.29, 0.717) is 16.9 Å². The third-order valence-electron chi connectivity index (χ3n) is 7.10. The van der Waals surface area contributed by atoms with Gasteiger partial charge in [-0.15, -0.1) is 0 Å². The van der Waals surface area contributed by atoms with Crippen molar-refractivity contribution in [3.05, 3.63) is 59.9 Å². The fourth-order valence-corrected chi connectivity index (χ4v) is 6.44. The molecule has 4 heterocycles. The maximum absolute atomic E-state index is 8.44. The number of hydrogen-bond acceptors (Lipinski definition) is 8. The third-order valence-corrected chi connectivity index (χ3v) is 8.09. The minimum absolute atomic E-state index is 0.236. The fraction of sp³-hybridized carbons (Fsp3) is 0.357. The summed E-state index contributed by atoms with van der Waals surface area (Å²) >= 11 is 1.55. The number of aromatic nitrogens is 4. The Bertz CT molecular complexity index is 1470. The Morgan fingerprint density at radius 3 is 2.76 bits per heavy atom. The molecule has 1 fully saturated rings. The average molecular weight is 514 g/mol. The largest absolute Gasteiger partial charge is 0.379 e. The van der Waals surface area contributed by atoms with Crippen molar-refractivity contribution in [1.82, 2.24) is 24.6 Å². The molecule has 4 aromatic rings. The molecule has 0 bridgehead atoms. The van der Waals surface area contributed by atoms with Gasteiger partial charge in [0.2, 0.25) is 5.95 Å². The molecule has 0 saturated carbocycles. The molecule has 190 valence electrons. The molecular weight excluding hydrogens is 482 g/mol. The van der Waals surface area contributed by atoms with Gasteiger partial charge in [0.25, 0.3) is 0 Å². The van der Waals surface area contributed by atoms with Crippen molar-refractivity contribution < 1.29 is 4.74 Å². The van der Waals surface area contributed by atoms with Crippen molar-refractivity contribution in [2.45, 2.75) is 37.1 Å². The topological polar surface area (TPSA) is 92.0 Å². The van der Waals surface area contributed by atoms with Crippen LogP contribution in [0.3, 0.4) is 0 Å². The Balaban J connectivity index is 1.27. The number of benzene rings is 2. The molecule has 0 radical (unpaired) electrons. The summed E-state index contributed by atoms with van der Waals surface area (Å²) in [4.78, 5) is 12.9. The smallest absolute Gasteiger partial charge is 0.227 e. The molecule has 0 amide bonds. The van der Waals surface area contributed by atoms with Gasteiger partial charge in [-0.3, -0.25) is 15.0 Å². The highest BCUT2D eigenvalue weighted by Gasteiger charge is 2.30. The van der Waals surface area contributed by atoms with Crippen molar-refractivity contribution in [2.24, 2.45) is 7.05 Å². The van der Waals surface area contributed by atoms with Crippen LogP contribution >= 0.6 is 11.8 Å². The van der Waals surface area contributed by atoms with Gasteiger partial charge in [-0.25, -0.2) is 9.97 Å². The van der Waals surface area contributed by atoms with Crippen molar-refractivity contribution in [1.29, 1.82) is 5.41 Å². The van der Waals surface area contributed by atoms with Crippen molar-refractivity contribution >= 4 is 39.3 Å². The maximum Gasteiger partial charge on any atom is 0.227 e. The highest BCUT2D eigenvalue weighted by atomic mass is 32.2. The molecule has 2 aromatic heterocycles. The fourth-order valence-electron chi connectivity index (χ4n) is 5.42. The average Bonchev–Trinajstić information content (AvgIpc) is 3.24. The quantitative estimate of drug-likeness (QED) is 0.351. The summed E-state index contributed by atoms with van der Waals surface area (Å²) < 4.78 is 7.52. The summed E-state index contributed by atoms with van der Waals surface area (Å²) in [7, 11) is 2.00. The highest BCUT2D eigenvalue weighted by molar-refractivity contribution is 8.14. The molecule has 0 spiro atoms. The number of rotatable bonds is 5. The predicted molar refractivity (Wildman–Crippen MR) is 149 cm³/mol. The van der Waals surface area contributed by atoms with Crippen molar-refractivity contribution in [2.75, 3.05) is 31.6 Å². The first-order valence-electron chi connectivity index (χ1n) is 12.7. The Labute approximate surface area is 221 Å². The Hall–Kier alpha value is -3.27. The number of nitrogens with zero attached hydrogens (tertiary/aromatic N) is 5. The zero-order chi connectivity index (χ0) is 25.5. The molecule has 2 aliphatic heterocycles. The number of fused-ring (bicyclic) bond motifs is 2. The first-order valence-corrected chi connectivity index (χ1v) is 13.6. The predicted octanol–water partition coefficient (Wildman–Crippen LogP) is 5.74. The van der Waals surface area contributed by atoms with E-state index in [4.69, 9.17) is 15.1 Å². The van der Waals surface area contributed by atoms with E-state index >= 15 is 0 Å². The molecule has 37 heavy (non-hydrogen) atoms. The number of morpholine rings is 1. The molecule has 1 unspecified atom stereocenters. The van der Waals surface area contributed by atoms with Crippen LogP contribution in [0.5, 0.6) is 0 Å². The Morgan fingerprint density at radius 2 is 1.95 bits per heavy atom. The second kappa shape index (κ2) is 9.89. The first kappa shape index (κ1) is 24.1. The minimum atomic E-state index is 0.236. The van der Waals surface area contributed by atoms with Gasteiger partial charge in [0.15, 0.2) is 0 Å². The van der Waals surface area contributed by atoms with Crippen LogP contribution in [0.2, 0.25) is 0 Å². The van der Waals surface area contributed by atoms with Crippen LogP contribution in [0, 0.1) is 5.41 Å². The lowest BCUT2D eigenvalue weighted by atomic mass is 10.0. The van der Waals surface area contributed by atoms with E-state index in [1.807, 2.05) is 17.8 Å². The van der Waals surface area contributed by atoms with Crippen LogP contribution in [0.1, 0.15) is 43.5 Å². The van der Waals surface area contributed by atoms with Crippen LogP contribution in [0.4, 0.5) is 11.6 Å². The van der Waals surface area contributed by atoms with Crippen molar-refractivity contribution in [3.63, 3.8) is 0 Å². The summed E-state index contributed by atoms with van der Waals surface area (Å²) in [5.41, 5.74) is 6.32. The van der Waals surface area contributed by atoms with Gasteiger partial charge in [-0.05, 0) is 41.8 Å². The lowest BCUT2D eigenvalue weighted by molar-refractivity contribution is 0.0169. The lowest BCUT2D eigenvalue weighted by Gasteiger charge is -2.37. The van der Waals surface area contributed by atoms with E-state index in [9.17, 15) is 0 Å². The van der Waals surface area contributed by atoms with E-state index in [0.717, 1.165) is 65.5 Å². The minimum Gasteiger partial charge on any atom is -0.379 e. The Kier molecular flexibility index (Phi) is 6.44. The molecule has 1 saturated heterocycles. The summed E-state index contributed by atoms with van der Waals surface area (Å²) in [6.45, 7) is 7.71. The van der Waals surface area contributed by atoms with Gasteiger partial charge in [-0.2, -0.15) is 5.10 Å². The summed E-state index contributed by atoms with van der Waals surface area (Å²) in [5.74, 6) is 0.924. The zero-order valence-corrected chi connectivity index (χ0v) is 22.2. The van der Waals surface area contributed by atoms with Gasteiger partial charge in [0.1, 0.15) is 0 Å². The van der Waals surface area contributed by atoms with E-state index in [1.165, 1.54) is 11.3 Å². The molecule has 2 aliphatic rings. The standard InChI is InChI=1S/C28H31N7OS/c1-17(2)27-21-14-18(4-7-23(21)33-34(27)3)22-8-9-30-28(32-22)31-19-5-6-20-24(35-10-12-36-13-11-35)16-26(29)37-25(20)15-19/h4-9,14-15,17,24,29H,10-13,16H2,1-3H3,(H,30,31,32). The van der Waals surface area contributed by atoms with E-state index in [1.54, 1.807) is 18.0 Å². The van der Waals surface area contributed by atoms with Crippen LogP contribution in [0.15, 0.2) is 53.6 Å². The van der Waals surface area contributed by atoms with Crippen LogP contribution in [-0.4, -0.2) is 56.0 Å². The van der Waals surface area contributed by atoms with Gasteiger partial charge >= 0.3 is 0 Å². The molecule has 2 N–H and O–H groups in total. The molecule has 9 heteroatoms. The zero-order valence-electron chi connectivity index (χ0n) is 21.4. The molecule has 0 aliphatic carbocycles. The molecule has 1 atom stereocenters. The van der Waals surface area contributed by atoms with Crippen molar-refractivity contribution in [3.8, 4) is 11.3 Å². The number of nitrogens with one attached hydrogen (secondary N) is 2. The van der Waals surface area contributed by atoms with E-state index in [2.05, 4.69) is 70.5 Å². The van der Waals surface area contributed by atoms with Crippen LogP contribution < -0.4 is 5.32 Å². The molecule has 8 nitrogen and oxygen atoms in total. The molecular formula is C28H31N7OS. The number of hydrogen-bond donors (Lipinski definition) is 2. The summed E-state index contributed by atoms with van der Waals surface area (Å²) in [5, 5.41) is 18.3. The Morgan fingerprint density at radius 1 is 1.11 bits per heavy atom. The van der Waals surface area contributed by atoms with E-state index in [-0.39, 0.29) is 6.04 Å². The highest BCUT2D eigenvalue weighted by Crippen LogP contribution is 2.42. The number of anilines is 2. The first-order chi connectivity index (χ1) is 18.0. The van der Waals surface area contributed by atoms with Crippen LogP contribution in [0.25, 0.3) is 22.2 Å². The molecule has 2 aromatic carbocycles. The number of aryl methyl sites for hydroxylation is 1. The summed E-state index contributed by atoms with van der Waals surface area (Å²) in [6, 6.07) is 14.9. The SMILES string of the molecule is CC(C)c1c2cc(-c3ccnc(Nc4ccc5c(c4)SC(=N)CC5N4CCOCC4)n3)ccc2nn1C. The summed E-state index contributed by atoms with van der Waals surface area (Å²) in [6.07, 6.45) is 2.55. The second-order valence-electron chi connectivity index (χ2n) is 9.93. The van der Waals surface area contributed by atoms with E-state index < -0.39 is 0 Å². The van der Waals surface area contributed by atoms with Crippen LogP contribution in [-0.2, 0) is 11.8 Å². The molecule has 6 rings (SSSR count). The maximum atomic E-state index is 8.44. The van der Waals surface area contributed by atoms with Gasteiger partial charge in [0, 0.05) is 66.0 Å². The van der Waals surface area contributed by atoms with Gasteiger partial charge in [0.05, 0.1) is 29.5 Å². The number of ether oxygens (including phenoxy) is 1. The van der Waals surface area contributed by atoms with Gasteiger partial charge in [-0.1, -0.05) is 37.7 Å². The normalized spacial score (nSPS) is 18.4. The third kappa shape index (κ3) is 4.74. The van der Waals surface area contributed by atoms with Gasteiger partial charge < -0.3 is 10.1 Å². The monoisotopic (exact) mass is 513 g/mol. The lowest BCUT2D eigenvalue weighted by Crippen LogP contribution is -2.40. The number of thioether (sulfide) groups is 1. The second-order valence-corrected chi connectivity index (χ2v) is 11.1.